The Morgan fingerprint density at radius 1 is 1.11 bits per heavy atom. The fraction of sp³-hybridized carbons (Fsp3) is 0.323. The van der Waals surface area contributed by atoms with Gasteiger partial charge in [-0.05, 0) is 81.5 Å². The molecule has 1 aromatic heterocycles. The molecule has 0 atom stereocenters. The van der Waals surface area contributed by atoms with Crippen molar-refractivity contribution in [3.8, 4) is 17.9 Å². The van der Waals surface area contributed by atoms with Gasteiger partial charge in [0, 0.05) is 45.2 Å². The largest absolute Gasteiger partial charge is 0.496 e. The van der Waals surface area contributed by atoms with Gasteiger partial charge in [-0.1, -0.05) is 6.08 Å². The molecule has 0 aliphatic carbocycles. The number of methoxy groups -OCH3 is 1. The van der Waals surface area contributed by atoms with E-state index in [1.807, 2.05) is 44.2 Å². The molecule has 0 fully saturated rings. The summed E-state index contributed by atoms with van der Waals surface area (Å²) in [6.07, 6.45) is 12.6. The molecular formula is C31H28N4O2S. The summed E-state index contributed by atoms with van der Waals surface area (Å²) in [6, 6.07) is 10.1. The van der Waals surface area contributed by atoms with E-state index in [-0.39, 0.29) is 17.0 Å². The Morgan fingerprint density at radius 2 is 1.79 bits per heavy atom. The van der Waals surface area contributed by atoms with Crippen LogP contribution in [0.4, 0.5) is 5.69 Å². The van der Waals surface area contributed by atoms with Crippen LogP contribution in [0.25, 0.3) is 23.1 Å². The van der Waals surface area contributed by atoms with E-state index in [4.69, 9.17) is 16.0 Å². The second kappa shape index (κ2) is 10.3. The molecule has 6 nitrogen and oxygen atoms in total. The number of aryl methyl sites for hydroxylation is 1. The van der Waals surface area contributed by atoms with Crippen molar-refractivity contribution in [3.63, 3.8) is 0 Å². The van der Waals surface area contributed by atoms with Gasteiger partial charge in [0.05, 0.1) is 13.7 Å². The average molecular weight is 521 g/mol. The predicted molar refractivity (Wildman–Crippen MR) is 151 cm³/mol. The van der Waals surface area contributed by atoms with Crippen molar-refractivity contribution in [2.24, 2.45) is 0 Å². The van der Waals surface area contributed by atoms with E-state index in [2.05, 4.69) is 34.0 Å². The summed E-state index contributed by atoms with van der Waals surface area (Å²) >= 11 is 1.64. The van der Waals surface area contributed by atoms with Gasteiger partial charge in [-0.3, -0.25) is 0 Å². The first-order chi connectivity index (χ1) is 18.4. The fourth-order valence-electron chi connectivity index (χ4n) is 5.56. The van der Waals surface area contributed by atoms with Crippen LogP contribution < -0.4 is 9.64 Å². The minimum Gasteiger partial charge on any atom is -0.496 e. The molecule has 4 heterocycles. The highest BCUT2D eigenvalue weighted by molar-refractivity contribution is 7.13. The molecule has 3 aliphatic heterocycles. The number of thiophene rings is 1. The highest BCUT2D eigenvalue weighted by atomic mass is 32.1. The smallest absolute Gasteiger partial charge is 0.237 e. The first-order valence-corrected chi connectivity index (χ1v) is 13.5. The number of hydrogen-bond acceptors (Lipinski definition) is 6. The first kappa shape index (κ1) is 25.4. The molecule has 0 bridgehead atoms. The molecule has 0 saturated heterocycles. The van der Waals surface area contributed by atoms with Gasteiger partial charge in [0.15, 0.2) is 11.3 Å². The molecule has 2 aromatic rings. The molecule has 1 aromatic carbocycles. The maximum Gasteiger partial charge on any atom is 0.237 e. The molecule has 0 unspecified atom stereocenters. The highest BCUT2D eigenvalue weighted by Crippen LogP contribution is 2.44. The van der Waals surface area contributed by atoms with Gasteiger partial charge >= 0.3 is 0 Å². The quantitative estimate of drug-likeness (QED) is 0.316. The normalized spacial score (nSPS) is 17.7. The molecule has 0 N–H and O–H groups in total. The molecule has 190 valence electrons. The van der Waals surface area contributed by atoms with Crippen molar-refractivity contribution in [1.82, 2.24) is 0 Å². The van der Waals surface area contributed by atoms with Crippen molar-refractivity contribution in [2.45, 2.75) is 45.1 Å². The van der Waals surface area contributed by atoms with Gasteiger partial charge in [0.2, 0.25) is 5.70 Å². The molecule has 0 saturated carbocycles. The van der Waals surface area contributed by atoms with E-state index in [0.717, 1.165) is 53.4 Å². The van der Waals surface area contributed by atoms with Gasteiger partial charge in [0.25, 0.3) is 0 Å². The van der Waals surface area contributed by atoms with Crippen molar-refractivity contribution < 1.29 is 9.47 Å². The van der Waals surface area contributed by atoms with Crippen molar-refractivity contribution >= 4 is 35.3 Å². The summed E-state index contributed by atoms with van der Waals surface area (Å²) in [5.74, 6) is 1.05. The monoisotopic (exact) mass is 520 g/mol. The summed E-state index contributed by atoms with van der Waals surface area (Å²) in [4.78, 5) is 8.24. The highest BCUT2D eigenvalue weighted by Gasteiger charge is 2.38. The predicted octanol–water partition coefficient (Wildman–Crippen LogP) is 6.92. The maximum atomic E-state index is 9.27. The fourth-order valence-corrected chi connectivity index (χ4v) is 6.37. The Bertz CT molecular complexity index is 1530. The van der Waals surface area contributed by atoms with Crippen molar-refractivity contribution in [2.75, 3.05) is 25.1 Å². The molecule has 38 heavy (non-hydrogen) atoms. The van der Waals surface area contributed by atoms with E-state index >= 15 is 0 Å². The van der Waals surface area contributed by atoms with E-state index in [9.17, 15) is 10.5 Å². The summed E-state index contributed by atoms with van der Waals surface area (Å²) in [5.41, 5.74) is 5.16. The van der Waals surface area contributed by atoms with Crippen LogP contribution in [0.15, 0.2) is 46.9 Å². The molecular weight excluding hydrogens is 492 g/mol. The maximum absolute atomic E-state index is 9.27. The van der Waals surface area contributed by atoms with Gasteiger partial charge in [-0.2, -0.15) is 10.5 Å². The summed E-state index contributed by atoms with van der Waals surface area (Å²) in [6.45, 7) is 13.6. The van der Waals surface area contributed by atoms with Crippen LogP contribution in [0.2, 0.25) is 0 Å². The summed E-state index contributed by atoms with van der Waals surface area (Å²) in [5, 5.41) is 18.5. The average Bonchev–Trinajstić information content (AvgIpc) is 3.48. The lowest BCUT2D eigenvalue weighted by atomic mass is 9.89. The zero-order valence-corrected chi connectivity index (χ0v) is 22.6. The van der Waals surface area contributed by atoms with Crippen LogP contribution in [-0.2, 0) is 17.6 Å². The van der Waals surface area contributed by atoms with E-state index in [1.54, 1.807) is 18.4 Å². The zero-order chi connectivity index (χ0) is 26.9. The number of ether oxygens (including phenoxy) is 2. The van der Waals surface area contributed by atoms with Crippen LogP contribution >= 0.6 is 11.3 Å². The Hall–Kier alpha value is -4.25. The molecule has 7 heteroatoms. The zero-order valence-electron chi connectivity index (χ0n) is 21.8. The number of anilines is 1. The molecule has 0 radical (unpaired) electrons. The number of allylic oxidation sites excluding steroid dienone is 1. The minimum absolute atomic E-state index is 0.0607. The number of nitriles is 2. The summed E-state index contributed by atoms with van der Waals surface area (Å²) in [7, 11) is 1.77. The van der Waals surface area contributed by atoms with Crippen molar-refractivity contribution in [3.05, 3.63) is 84.7 Å². The molecule has 0 amide bonds. The Kier molecular flexibility index (Phi) is 6.85. The van der Waals surface area contributed by atoms with Gasteiger partial charge in [-0.25, -0.2) is 4.85 Å². The minimum atomic E-state index is -0.816. The topological polar surface area (TPSA) is 73.6 Å². The van der Waals surface area contributed by atoms with E-state index in [0.29, 0.717) is 5.57 Å². The summed E-state index contributed by atoms with van der Waals surface area (Å²) < 4.78 is 11.8. The lowest BCUT2D eigenvalue weighted by Gasteiger charge is -2.38. The van der Waals surface area contributed by atoms with Gasteiger partial charge in [0.1, 0.15) is 23.5 Å². The Labute approximate surface area is 227 Å². The van der Waals surface area contributed by atoms with Crippen LogP contribution in [0.5, 0.6) is 5.75 Å². The standard InChI is InChI=1S/C31H28N4O2S/c1-31(2)26(27(34-3)30(37-31)22(18-32)19-33)14-13-24-12-11-23(38-24)10-9-21-17-20-7-5-15-35-16-6-8-25(28(20)35)29(21)36-4/h9-14,17H,5-8,15-16H2,1-2,4H3/b10-9+,14-13+. The molecule has 5 rings (SSSR count). The number of hydrogen-bond donors (Lipinski definition) is 0. The second-order valence-corrected chi connectivity index (χ2v) is 11.1. The number of rotatable bonds is 5. The number of nitrogens with zero attached hydrogens (tertiary/aromatic N) is 4. The third-order valence-electron chi connectivity index (χ3n) is 7.23. The van der Waals surface area contributed by atoms with Crippen LogP contribution in [0, 0.1) is 29.2 Å². The first-order valence-electron chi connectivity index (χ1n) is 12.7. The van der Waals surface area contributed by atoms with Gasteiger partial charge < -0.3 is 14.4 Å². The lowest BCUT2D eigenvalue weighted by molar-refractivity contribution is 0.0954. The Morgan fingerprint density at radius 3 is 2.45 bits per heavy atom. The van der Waals surface area contributed by atoms with Crippen molar-refractivity contribution in [1.29, 1.82) is 10.5 Å². The SMILES string of the molecule is [C-]#[N+]C1=C(/C=C/c2ccc(/C=C/c3cc4c5c(c3OC)CCCN5CCC4)s2)C(C)(C)OC1=C(C#N)C#N. The van der Waals surface area contributed by atoms with Crippen LogP contribution in [-0.4, -0.2) is 25.8 Å². The third-order valence-corrected chi connectivity index (χ3v) is 8.25. The second-order valence-electron chi connectivity index (χ2n) is 10.0. The van der Waals surface area contributed by atoms with Crippen LogP contribution in [0.3, 0.4) is 0 Å². The van der Waals surface area contributed by atoms with Gasteiger partial charge in [-0.15, -0.1) is 11.3 Å². The van der Waals surface area contributed by atoms with Crippen LogP contribution in [0.1, 0.15) is 53.1 Å². The number of benzene rings is 1. The lowest BCUT2D eigenvalue weighted by Crippen LogP contribution is -2.34. The van der Waals surface area contributed by atoms with E-state index < -0.39 is 5.60 Å². The Balaban J connectivity index is 1.42. The molecule has 0 spiro atoms. The molecule has 3 aliphatic rings. The third kappa shape index (κ3) is 4.49. The van der Waals surface area contributed by atoms with E-state index in [1.165, 1.54) is 23.2 Å².